The molecule has 0 aliphatic carbocycles. The Balaban J connectivity index is 0.000000226. The lowest BCUT2D eigenvalue weighted by Gasteiger charge is -1.82. The number of phenols is 1. The second-order valence-corrected chi connectivity index (χ2v) is 2.48. The summed E-state index contributed by atoms with van der Waals surface area (Å²) in [4.78, 5) is 9.82. The third kappa shape index (κ3) is 6.62. The number of benzene rings is 1. The first-order chi connectivity index (χ1) is 6.04. The lowest BCUT2D eigenvalue weighted by atomic mass is 10.3. The van der Waals surface area contributed by atoms with Gasteiger partial charge in [-0.3, -0.25) is 4.79 Å². The van der Waals surface area contributed by atoms with E-state index in [-0.39, 0.29) is 0 Å². The van der Waals surface area contributed by atoms with Crippen molar-refractivity contribution >= 4 is 5.91 Å². The molecular weight excluding hydrogens is 166 g/mol. The number of carbonyl (C=O) groups is 1. The molecule has 0 aliphatic heterocycles. The van der Waals surface area contributed by atoms with Crippen LogP contribution in [0, 0.1) is 0 Å². The number of para-hydroxylation sites is 1. The number of phenolic OH excluding ortho intramolecular Hbond substituents is 1. The molecule has 70 valence electrons. The Morgan fingerprint density at radius 2 is 1.77 bits per heavy atom. The molecule has 0 atom stereocenters. The molecule has 0 spiro atoms. The first kappa shape index (κ1) is 11.2. The van der Waals surface area contributed by atoms with Gasteiger partial charge in [-0.05, 0) is 19.1 Å². The summed E-state index contributed by atoms with van der Waals surface area (Å²) in [7, 11) is 0. The van der Waals surface area contributed by atoms with Crippen LogP contribution in [-0.4, -0.2) is 11.0 Å². The van der Waals surface area contributed by atoms with Crippen LogP contribution in [0.1, 0.15) is 6.92 Å². The molecular formula is C10H13NO2. The summed E-state index contributed by atoms with van der Waals surface area (Å²) in [5.41, 5.74) is 5.09. The van der Waals surface area contributed by atoms with Gasteiger partial charge in [0.2, 0.25) is 5.91 Å². The average molecular weight is 179 g/mol. The highest BCUT2D eigenvalue weighted by Gasteiger charge is 1.86. The largest absolute Gasteiger partial charge is 0.508 e. The smallest absolute Gasteiger partial charge is 0.243 e. The SMILES string of the molecule is C=C(C)C(N)=O.Oc1ccccc1. The number of primary amides is 1. The van der Waals surface area contributed by atoms with Gasteiger partial charge in [-0.2, -0.15) is 0 Å². The number of hydrogen-bond donors (Lipinski definition) is 2. The van der Waals surface area contributed by atoms with Crippen molar-refractivity contribution in [3.05, 3.63) is 42.5 Å². The fourth-order valence-corrected chi connectivity index (χ4v) is 0.428. The summed E-state index contributed by atoms with van der Waals surface area (Å²) in [6.07, 6.45) is 0. The van der Waals surface area contributed by atoms with E-state index in [9.17, 15) is 4.79 Å². The zero-order valence-electron chi connectivity index (χ0n) is 7.53. The maximum atomic E-state index is 9.82. The molecule has 0 saturated carbocycles. The van der Waals surface area contributed by atoms with Crippen molar-refractivity contribution in [1.82, 2.24) is 0 Å². The van der Waals surface area contributed by atoms with Crippen LogP contribution in [0.4, 0.5) is 0 Å². The van der Waals surface area contributed by atoms with Crippen LogP contribution in [0.2, 0.25) is 0 Å². The highest BCUT2D eigenvalue weighted by molar-refractivity contribution is 5.90. The summed E-state index contributed by atoms with van der Waals surface area (Å²) in [5, 5.41) is 8.63. The minimum absolute atomic E-state index is 0.322. The fraction of sp³-hybridized carbons (Fsp3) is 0.100. The molecule has 0 unspecified atom stereocenters. The van der Waals surface area contributed by atoms with Gasteiger partial charge in [-0.25, -0.2) is 0 Å². The lowest BCUT2D eigenvalue weighted by molar-refractivity contribution is -0.114. The highest BCUT2D eigenvalue weighted by Crippen LogP contribution is 2.02. The average Bonchev–Trinajstić information content (AvgIpc) is 2.06. The van der Waals surface area contributed by atoms with Crippen LogP contribution in [-0.2, 0) is 4.79 Å². The van der Waals surface area contributed by atoms with Crippen LogP contribution >= 0.6 is 0 Å². The standard InChI is InChI=1S/C6H6O.C4H7NO/c7-6-4-2-1-3-5-6;1-3(2)4(5)6/h1-5,7H;1H2,2H3,(H2,5,6). The second kappa shape index (κ2) is 5.83. The first-order valence-electron chi connectivity index (χ1n) is 3.73. The van der Waals surface area contributed by atoms with E-state index in [4.69, 9.17) is 10.8 Å². The maximum absolute atomic E-state index is 9.82. The van der Waals surface area contributed by atoms with Gasteiger partial charge in [-0.1, -0.05) is 24.8 Å². The Morgan fingerprint density at radius 1 is 1.38 bits per heavy atom. The molecule has 3 N–H and O–H groups in total. The van der Waals surface area contributed by atoms with Crippen LogP contribution in [0.3, 0.4) is 0 Å². The zero-order valence-corrected chi connectivity index (χ0v) is 7.53. The first-order valence-corrected chi connectivity index (χ1v) is 3.73. The maximum Gasteiger partial charge on any atom is 0.243 e. The number of aromatic hydroxyl groups is 1. The van der Waals surface area contributed by atoms with Crippen molar-refractivity contribution in [2.75, 3.05) is 0 Å². The Kier molecular flexibility index (Phi) is 5.03. The number of amides is 1. The van der Waals surface area contributed by atoms with Gasteiger partial charge in [0.05, 0.1) is 0 Å². The van der Waals surface area contributed by atoms with Gasteiger partial charge >= 0.3 is 0 Å². The van der Waals surface area contributed by atoms with Crippen molar-refractivity contribution in [2.24, 2.45) is 5.73 Å². The predicted octanol–water partition coefficient (Wildman–Crippen LogP) is 1.44. The number of nitrogens with two attached hydrogens (primary N) is 1. The van der Waals surface area contributed by atoms with Crippen LogP contribution in [0.25, 0.3) is 0 Å². The molecule has 3 nitrogen and oxygen atoms in total. The zero-order chi connectivity index (χ0) is 10.3. The number of carbonyl (C=O) groups excluding carboxylic acids is 1. The fourth-order valence-electron chi connectivity index (χ4n) is 0.428. The molecule has 0 aromatic heterocycles. The van der Waals surface area contributed by atoms with Crippen molar-refractivity contribution in [2.45, 2.75) is 6.92 Å². The topological polar surface area (TPSA) is 63.3 Å². The molecule has 1 aromatic carbocycles. The quantitative estimate of drug-likeness (QED) is 0.641. The Hall–Kier alpha value is -1.77. The van der Waals surface area contributed by atoms with Crippen molar-refractivity contribution < 1.29 is 9.90 Å². The van der Waals surface area contributed by atoms with Crippen molar-refractivity contribution in [1.29, 1.82) is 0 Å². The van der Waals surface area contributed by atoms with Crippen LogP contribution in [0.15, 0.2) is 42.5 Å². The molecule has 1 aromatic rings. The lowest BCUT2D eigenvalue weighted by Crippen LogP contribution is -2.10. The monoisotopic (exact) mass is 179 g/mol. The normalized spacial score (nSPS) is 8.08. The summed E-state index contributed by atoms with van der Waals surface area (Å²) in [6, 6.07) is 8.71. The Morgan fingerprint density at radius 3 is 1.92 bits per heavy atom. The van der Waals surface area contributed by atoms with E-state index in [1.54, 1.807) is 31.2 Å². The third-order valence-corrected chi connectivity index (χ3v) is 1.18. The minimum Gasteiger partial charge on any atom is -0.508 e. The van der Waals surface area contributed by atoms with E-state index in [2.05, 4.69) is 6.58 Å². The van der Waals surface area contributed by atoms with Gasteiger partial charge < -0.3 is 10.8 Å². The van der Waals surface area contributed by atoms with E-state index in [0.29, 0.717) is 11.3 Å². The van der Waals surface area contributed by atoms with Crippen molar-refractivity contribution in [3.8, 4) is 5.75 Å². The van der Waals surface area contributed by atoms with Crippen molar-refractivity contribution in [3.63, 3.8) is 0 Å². The molecule has 13 heavy (non-hydrogen) atoms. The molecule has 0 aliphatic rings. The molecule has 0 radical (unpaired) electrons. The summed E-state index contributed by atoms with van der Waals surface area (Å²) in [6.45, 7) is 4.85. The number of rotatable bonds is 1. The molecule has 1 amide bonds. The van der Waals surface area contributed by atoms with Gasteiger partial charge in [0.25, 0.3) is 0 Å². The van der Waals surface area contributed by atoms with Crippen LogP contribution < -0.4 is 5.73 Å². The van der Waals surface area contributed by atoms with Gasteiger partial charge in [0, 0.05) is 5.57 Å². The molecule has 3 heteroatoms. The van der Waals surface area contributed by atoms with Crippen LogP contribution in [0.5, 0.6) is 5.75 Å². The predicted molar refractivity (Wildman–Crippen MR) is 52.1 cm³/mol. The summed E-state index contributed by atoms with van der Waals surface area (Å²) >= 11 is 0. The van der Waals surface area contributed by atoms with Gasteiger partial charge in [0.1, 0.15) is 5.75 Å². The third-order valence-electron chi connectivity index (χ3n) is 1.18. The highest BCUT2D eigenvalue weighted by atomic mass is 16.3. The summed E-state index contributed by atoms with van der Waals surface area (Å²) in [5.74, 6) is -0.113. The molecule has 1 rings (SSSR count). The van der Waals surface area contributed by atoms with Gasteiger partial charge in [0.15, 0.2) is 0 Å². The molecule has 0 saturated heterocycles. The van der Waals surface area contributed by atoms with E-state index in [0.717, 1.165) is 0 Å². The van der Waals surface area contributed by atoms with E-state index < -0.39 is 5.91 Å². The Labute approximate surface area is 77.5 Å². The second-order valence-electron chi connectivity index (χ2n) is 2.48. The molecule has 0 bridgehead atoms. The molecule has 0 fully saturated rings. The van der Waals surface area contributed by atoms with E-state index >= 15 is 0 Å². The van der Waals surface area contributed by atoms with E-state index in [1.807, 2.05) is 6.07 Å². The number of hydrogen-bond acceptors (Lipinski definition) is 2. The van der Waals surface area contributed by atoms with E-state index in [1.165, 1.54) is 0 Å². The van der Waals surface area contributed by atoms with Gasteiger partial charge in [-0.15, -0.1) is 0 Å². The summed E-state index contributed by atoms with van der Waals surface area (Å²) < 4.78 is 0. The Bertz CT molecular complexity index is 268. The minimum atomic E-state index is -0.435. The molecule has 0 heterocycles.